The van der Waals surface area contributed by atoms with Gasteiger partial charge in [0, 0.05) is 17.8 Å². The van der Waals surface area contributed by atoms with E-state index in [0.29, 0.717) is 11.6 Å². The highest BCUT2D eigenvalue weighted by Crippen LogP contribution is 2.25. The third kappa shape index (κ3) is 6.78. The summed E-state index contributed by atoms with van der Waals surface area (Å²) in [5, 5.41) is 3.59. The van der Waals surface area contributed by atoms with Gasteiger partial charge in [0.05, 0.1) is 18.7 Å². The van der Waals surface area contributed by atoms with E-state index in [0.717, 1.165) is 22.4 Å². The van der Waals surface area contributed by atoms with Gasteiger partial charge in [-0.1, -0.05) is 90.5 Å². The fourth-order valence-electron chi connectivity index (χ4n) is 3.87. The summed E-state index contributed by atoms with van der Waals surface area (Å²) in [6, 6.07) is 31.0. The molecule has 5 nitrogen and oxygen atoms in total. The number of halogens is 1. The Bertz CT molecular complexity index is 1230. The van der Waals surface area contributed by atoms with Crippen LogP contribution in [0.1, 0.15) is 28.4 Å². The topological polar surface area (TPSA) is 62.3 Å². The van der Waals surface area contributed by atoms with E-state index in [9.17, 15) is 9.59 Å². The number of nitrogens with one attached hydrogen (secondary N) is 1. The zero-order valence-corrected chi connectivity index (χ0v) is 19.9. The maximum atomic E-state index is 13.7. The van der Waals surface area contributed by atoms with Gasteiger partial charge in [-0.2, -0.15) is 0 Å². The quantitative estimate of drug-likeness (QED) is 0.348. The van der Waals surface area contributed by atoms with E-state index in [2.05, 4.69) is 10.3 Å². The Morgan fingerprint density at radius 3 is 2.11 bits per heavy atom. The van der Waals surface area contributed by atoms with Gasteiger partial charge in [-0.25, -0.2) is 0 Å². The fraction of sp³-hybridized carbons (Fsp3) is 0.138. The van der Waals surface area contributed by atoms with Crippen molar-refractivity contribution >= 4 is 23.4 Å². The highest BCUT2D eigenvalue weighted by molar-refractivity contribution is 6.30. The van der Waals surface area contributed by atoms with Gasteiger partial charge in [-0.3, -0.25) is 14.6 Å². The van der Waals surface area contributed by atoms with Crippen molar-refractivity contribution in [2.24, 2.45) is 0 Å². The Hall–Kier alpha value is -3.96. The number of rotatable bonds is 9. The number of carbonyl (C=O) groups is 2. The molecular weight excluding hydrogens is 458 g/mol. The van der Waals surface area contributed by atoms with E-state index >= 15 is 0 Å². The molecule has 4 rings (SSSR count). The molecule has 0 fully saturated rings. The van der Waals surface area contributed by atoms with Crippen LogP contribution in [-0.2, 0) is 29.1 Å². The smallest absolute Gasteiger partial charge is 0.247 e. The molecule has 0 aliphatic heterocycles. The van der Waals surface area contributed by atoms with Crippen molar-refractivity contribution in [3.63, 3.8) is 0 Å². The average molecular weight is 484 g/mol. The number of hydrogen-bond acceptors (Lipinski definition) is 3. The summed E-state index contributed by atoms with van der Waals surface area (Å²) in [5.41, 5.74) is 3.26. The summed E-state index contributed by atoms with van der Waals surface area (Å²) < 4.78 is 0. The molecule has 1 N–H and O–H groups in total. The standard InChI is InChI=1S/C29H26ClN3O2/c30-25-16-14-22(15-17-25)19-27(34)33(21-23-9-3-1-4-10-23)28(24-11-5-2-6-12-24)29(35)32-20-26-13-7-8-18-31-26/h1-18,28H,19-21H2,(H,32,35). The number of pyridine rings is 1. The summed E-state index contributed by atoms with van der Waals surface area (Å²) in [5.74, 6) is -0.416. The lowest BCUT2D eigenvalue weighted by atomic mass is 10.0. The molecule has 35 heavy (non-hydrogen) atoms. The van der Waals surface area contributed by atoms with Crippen LogP contribution in [0.25, 0.3) is 0 Å². The predicted molar refractivity (Wildman–Crippen MR) is 137 cm³/mol. The van der Waals surface area contributed by atoms with Crippen LogP contribution in [0.5, 0.6) is 0 Å². The molecule has 0 radical (unpaired) electrons. The van der Waals surface area contributed by atoms with Crippen LogP contribution in [0.4, 0.5) is 0 Å². The number of carbonyl (C=O) groups excluding carboxylic acids is 2. The maximum Gasteiger partial charge on any atom is 0.247 e. The SMILES string of the molecule is O=C(NCc1ccccn1)C(c1ccccc1)N(Cc1ccccc1)C(=O)Cc1ccc(Cl)cc1. The van der Waals surface area contributed by atoms with Crippen molar-refractivity contribution in [1.82, 2.24) is 15.2 Å². The highest BCUT2D eigenvalue weighted by Gasteiger charge is 2.31. The minimum atomic E-state index is -0.806. The zero-order chi connectivity index (χ0) is 24.5. The number of benzene rings is 3. The van der Waals surface area contributed by atoms with Crippen LogP contribution in [0.3, 0.4) is 0 Å². The molecule has 1 unspecified atom stereocenters. The van der Waals surface area contributed by atoms with E-state index < -0.39 is 6.04 Å². The molecule has 0 saturated carbocycles. The van der Waals surface area contributed by atoms with E-state index in [1.165, 1.54) is 0 Å². The largest absolute Gasteiger partial charge is 0.348 e. The van der Waals surface area contributed by atoms with Crippen LogP contribution in [0, 0.1) is 0 Å². The Balaban J connectivity index is 1.66. The molecular formula is C29H26ClN3O2. The minimum Gasteiger partial charge on any atom is -0.348 e. The molecule has 0 saturated heterocycles. The predicted octanol–water partition coefficient (Wildman–Crippen LogP) is 5.36. The third-order valence-electron chi connectivity index (χ3n) is 5.63. The molecule has 0 spiro atoms. The fourth-order valence-corrected chi connectivity index (χ4v) is 3.99. The molecule has 1 heterocycles. The third-order valence-corrected chi connectivity index (χ3v) is 5.88. The second-order valence-electron chi connectivity index (χ2n) is 8.16. The Labute approximate surface area is 210 Å². The molecule has 0 aliphatic carbocycles. The molecule has 1 atom stereocenters. The first-order valence-corrected chi connectivity index (χ1v) is 11.8. The molecule has 0 aliphatic rings. The Morgan fingerprint density at radius 2 is 1.46 bits per heavy atom. The van der Waals surface area contributed by atoms with Crippen molar-refractivity contribution < 1.29 is 9.59 Å². The van der Waals surface area contributed by atoms with Crippen LogP contribution in [0.2, 0.25) is 5.02 Å². The molecule has 4 aromatic rings. The molecule has 6 heteroatoms. The van der Waals surface area contributed by atoms with Gasteiger partial charge >= 0.3 is 0 Å². The monoisotopic (exact) mass is 483 g/mol. The maximum absolute atomic E-state index is 13.7. The van der Waals surface area contributed by atoms with Gasteiger partial charge in [0.25, 0.3) is 0 Å². The average Bonchev–Trinajstić information content (AvgIpc) is 2.90. The molecule has 0 bridgehead atoms. The van der Waals surface area contributed by atoms with Gasteiger partial charge < -0.3 is 10.2 Å². The lowest BCUT2D eigenvalue weighted by Gasteiger charge is -2.32. The summed E-state index contributed by atoms with van der Waals surface area (Å²) in [4.78, 5) is 33.2. The van der Waals surface area contributed by atoms with Crippen molar-refractivity contribution in [3.05, 3.63) is 137 Å². The number of hydrogen-bond donors (Lipinski definition) is 1. The van der Waals surface area contributed by atoms with Crippen LogP contribution in [0.15, 0.2) is 109 Å². The van der Waals surface area contributed by atoms with Gasteiger partial charge in [-0.15, -0.1) is 0 Å². The second-order valence-corrected chi connectivity index (χ2v) is 8.60. The molecule has 1 aromatic heterocycles. The molecule has 3 aromatic carbocycles. The van der Waals surface area contributed by atoms with Gasteiger partial charge in [0.15, 0.2) is 0 Å². The Morgan fingerprint density at radius 1 is 0.800 bits per heavy atom. The zero-order valence-electron chi connectivity index (χ0n) is 19.2. The van der Waals surface area contributed by atoms with Crippen molar-refractivity contribution in [1.29, 1.82) is 0 Å². The lowest BCUT2D eigenvalue weighted by Crippen LogP contribution is -2.44. The van der Waals surface area contributed by atoms with E-state index in [1.807, 2.05) is 91.0 Å². The van der Waals surface area contributed by atoms with Crippen molar-refractivity contribution in [3.8, 4) is 0 Å². The van der Waals surface area contributed by atoms with Gasteiger partial charge in [0.2, 0.25) is 11.8 Å². The first-order valence-electron chi connectivity index (χ1n) is 11.4. The first-order chi connectivity index (χ1) is 17.1. The van der Waals surface area contributed by atoms with E-state index in [-0.39, 0.29) is 24.8 Å². The molecule has 176 valence electrons. The highest BCUT2D eigenvalue weighted by atomic mass is 35.5. The second kappa shape index (κ2) is 12.0. The summed E-state index contributed by atoms with van der Waals surface area (Å²) in [7, 11) is 0. The van der Waals surface area contributed by atoms with Crippen LogP contribution in [-0.4, -0.2) is 21.7 Å². The van der Waals surface area contributed by atoms with Crippen molar-refractivity contribution in [2.45, 2.75) is 25.6 Å². The number of nitrogens with zero attached hydrogens (tertiary/aromatic N) is 2. The van der Waals surface area contributed by atoms with Gasteiger partial charge in [-0.05, 0) is 41.0 Å². The molecule has 2 amide bonds. The summed E-state index contributed by atoms with van der Waals surface area (Å²) >= 11 is 6.02. The summed E-state index contributed by atoms with van der Waals surface area (Å²) in [6.07, 6.45) is 1.84. The van der Waals surface area contributed by atoms with Crippen molar-refractivity contribution in [2.75, 3.05) is 0 Å². The van der Waals surface area contributed by atoms with Crippen LogP contribution >= 0.6 is 11.6 Å². The summed E-state index contributed by atoms with van der Waals surface area (Å²) in [6.45, 7) is 0.567. The Kier molecular flexibility index (Phi) is 8.25. The number of aromatic nitrogens is 1. The van der Waals surface area contributed by atoms with E-state index in [4.69, 9.17) is 11.6 Å². The minimum absolute atomic E-state index is 0.154. The van der Waals surface area contributed by atoms with E-state index in [1.54, 1.807) is 23.2 Å². The lowest BCUT2D eigenvalue weighted by molar-refractivity contribution is -0.141. The number of amides is 2. The normalized spacial score (nSPS) is 11.5. The van der Waals surface area contributed by atoms with Crippen LogP contribution < -0.4 is 5.32 Å². The first kappa shape index (κ1) is 24.2. The van der Waals surface area contributed by atoms with Gasteiger partial charge in [0.1, 0.15) is 6.04 Å².